The molecule has 0 unspecified atom stereocenters. The van der Waals surface area contributed by atoms with Gasteiger partial charge in [0.2, 0.25) is 0 Å². The van der Waals surface area contributed by atoms with Crippen LogP contribution in [-0.2, 0) is 9.53 Å². The number of carbonyl (C=O) groups excluding carboxylic acids is 1. The molecule has 0 radical (unpaired) electrons. The van der Waals surface area contributed by atoms with Crippen LogP contribution in [0.15, 0.2) is 18.2 Å². The molecule has 15 heavy (non-hydrogen) atoms. The number of hydrogen-bond acceptors (Lipinski definition) is 4. The molecule has 5 heteroatoms. The second-order valence-electron chi connectivity index (χ2n) is 2.59. The van der Waals surface area contributed by atoms with E-state index >= 15 is 0 Å². The Kier molecular flexibility index (Phi) is 4.05. The zero-order valence-corrected chi connectivity index (χ0v) is 8.91. The van der Waals surface area contributed by atoms with Crippen LogP contribution in [0.1, 0.15) is 21.5 Å². The molecular formula is C10H10O4S. The fourth-order valence-electron chi connectivity index (χ4n) is 0.908. The van der Waals surface area contributed by atoms with Crippen LogP contribution in [-0.4, -0.2) is 23.7 Å². The van der Waals surface area contributed by atoms with Gasteiger partial charge in [-0.05, 0) is 25.1 Å². The summed E-state index contributed by atoms with van der Waals surface area (Å²) in [6, 6.07) is 3.29. The fraction of sp³-hybridized carbons (Fsp3) is 0.200. The van der Waals surface area contributed by atoms with E-state index in [9.17, 15) is 9.59 Å². The third-order valence-electron chi connectivity index (χ3n) is 1.49. The van der Waals surface area contributed by atoms with Crippen molar-refractivity contribution >= 4 is 29.4 Å². The van der Waals surface area contributed by atoms with Gasteiger partial charge in [-0.25, -0.2) is 9.59 Å². The zero-order chi connectivity index (χ0) is 11.3. The highest BCUT2D eigenvalue weighted by atomic mass is 32.1. The van der Waals surface area contributed by atoms with Crippen molar-refractivity contribution in [3.63, 3.8) is 0 Å². The van der Waals surface area contributed by atoms with Gasteiger partial charge in [0.1, 0.15) is 4.88 Å². The quantitative estimate of drug-likeness (QED) is 0.630. The van der Waals surface area contributed by atoms with E-state index in [0.29, 0.717) is 16.4 Å². The van der Waals surface area contributed by atoms with Gasteiger partial charge in [0.05, 0.1) is 6.61 Å². The van der Waals surface area contributed by atoms with Gasteiger partial charge in [-0.15, -0.1) is 11.3 Å². The highest BCUT2D eigenvalue weighted by Gasteiger charge is 2.08. The van der Waals surface area contributed by atoms with E-state index in [4.69, 9.17) is 9.84 Å². The average Bonchev–Trinajstić information content (AvgIpc) is 2.63. The zero-order valence-electron chi connectivity index (χ0n) is 8.10. The molecule has 0 saturated heterocycles. The van der Waals surface area contributed by atoms with Crippen molar-refractivity contribution in [1.29, 1.82) is 0 Å². The maximum Gasteiger partial charge on any atom is 0.348 e. The topological polar surface area (TPSA) is 63.6 Å². The van der Waals surface area contributed by atoms with Crippen LogP contribution in [0.5, 0.6) is 0 Å². The van der Waals surface area contributed by atoms with E-state index in [1.165, 1.54) is 17.4 Å². The summed E-state index contributed by atoms with van der Waals surface area (Å²) in [6.07, 6.45) is 2.47. The lowest BCUT2D eigenvalue weighted by atomic mass is 10.4. The molecule has 4 nitrogen and oxygen atoms in total. The number of esters is 1. The number of thiophene rings is 1. The van der Waals surface area contributed by atoms with Crippen LogP contribution < -0.4 is 0 Å². The number of ether oxygens (including phenoxy) is 1. The third kappa shape index (κ3) is 3.55. The van der Waals surface area contributed by atoms with Gasteiger partial charge < -0.3 is 9.84 Å². The summed E-state index contributed by atoms with van der Waals surface area (Å²) in [7, 11) is 0. The Morgan fingerprint density at radius 3 is 2.87 bits per heavy atom. The van der Waals surface area contributed by atoms with Gasteiger partial charge in [0, 0.05) is 11.0 Å². The maximum absolute atomic E-state index is 11.2. The summed E-state index contributed by atoms with van der Waals surface area (Å²) >= 11 is 1.20. The smallest absolute Gasteiger partial charge is 0.348 e. The van der Waals surface area contributed by atoms with E-state index in [2.05, 4.69) is 0 Å². The maximum atomic E-state index is 11.2. The molecule has 1 aromatic heterocycles. The summed E-state index contributed by atoms with van der Waals surface area (Å²) in [4.78, 5) is 22.7. The molecule has 0 saturated carbocycles. The normalized spacial score (nSPS) is 10.5. The van der Waals surface area contributed by atoms with E-state index in [-0.39, 0.29) is 5.97 Å². The molecule has 1 rings (SSSR count). The Morgan fingerprint density at radius 1 is 1.53 bits per heavy atom. The number of carboxylic acid groups (broad SMARTS) is 1. The third-order valence-corrected chi connectivity index (χ3v) is 2.52. The first kappa shape index (κ1) is 11.5. The van der Waals surface area contributed by atoms with Crippen molar-refractivity contribution in [2.24, 2.45) is 0 Å². The summed E-state index contributed by atoms with van der Waals surface area (Å²) in [6.45, 7) is 2.06. The molecule has 0 aliphatic rings. The summed E-state index contributed by atoms with van der Waals surface area (Å²) in [5.74, 6) is -1.39. The minimum Gasteiger partial charge on any atom is -0.478 e. The summed E-state index contributed by atoms with van der Waals surface area (Å²) in [5, 5.41) is 8.40. The van der Waals surface area contributed by atoms with Crippen LogP contribution in [0, 0.1) is 0 Å². The highest BCUT2D eigenvalue weighted by Crippen LogP contribution is 2.18. The van der Waals surface area contributed by atoms with Gasteiger partial charge in [-0.2, -0.15) is 0 Å². The van der Waals surface area contributed by atoms with Gasteiger partial charge in [0.25, 0.3) is 0 Å². The second-order valence-corrected chi connectivity index (χ2v) is 3.71. The predicted octanol–water partition coefficient (Wildman–Crippen LogP) is 2.02. The van der Waals surface area contributed by atoms with Crippen molar-refractivity contribution in [2.45, 2.75) is 6.92 Å². The minimum absolute atomic E-state index is 0.330. The van der Waals surface area contributed by atoms with Crippen LogP contribution in [0.3, 0.4) is 0 Å². The first-order chi connectivity index (χ1) is 7.13. The van der Waals surface area contributed by atoms with E-state index < -0.39 is 5.97 Å². The van der Waals surface area contributed by atoms with E-state index in [0.717, 1.165) is 6.08 Å². The summed E-state index contributed by atoms with van der Waals surface area (Å²) < 4.78 is 4.80. The van der Waals surface area contributed by atoms with Gasteiger partial charge in [0.15, 0.2) is 0 Å². The molecule has 0 bridgehead atoms. The molecule has 1 N–H and O–H groups in total. The van der Waals surface area contributed by atoms with Crippen LogP contribution >= 0.6 is 11.3 Å². The molecule has 1 aromatic rings. The first-order valence-corrected chi connectivity index (χ1v) is 5.13. The fourth-order valence-corrected chi connectivity index (χ4v) is 1.71. The molecule has 0 amide bonds. The average molecular weight is 226 g/mol. The highest BCUT2D eigenvalue weighted by molar-refractivity contribution is 7.14. The van der Waals surface area contributed by atoms with Crippen LogP contribution in [0.2, 0.25) is 0 Å². The Bertz CT molecular complexity index is 392. The molecule has 80 valence electrons. The van der Waals surface area contributed by atoms with Crippen molar-refractivity contribution in [2.75, 3.05) is 6.61 Å². The molecule has 0 aromatic carbocycles. The first-order valence-electron chi connectivity index (χ1n) is 4.31. The Hall–Kier alpha value is -1.62. The second kappa shape index (κ2) is 5.31. The van der Waals surface area contributed by atoms with Crippen molar-refractivity contribution < 1.29 is 19.4 Å². The van der Waals surface area contributed by atoms with Crippen LogP contribution in [0.25, 0.3) is 6.08 Å². The molecule has 1 heterocycles. The lowest BCUT2D eigenvalue weighted by molar-refractivity contribution is -0.131. The van der Waals surface area contributed by atoms with E-state index in [1.807, 2.05) is 0 Å². The van der Waals surface area contributed by atoms with Crippen molar-refractivity contribution in [3.8, 4) is 0 Å². The lowest BCUT2D eigenvalue weighted by Gasteiger charge is -1.96. The predicted molar refractivity (Wildman–Crippen MR) is 56.9 cm³/mol. The molecule has 0 atom stereocenters. The molecule has 0 fully saturated rings. The molecule has 0 aliphatic heterocycles. The molecular weight excluding hydrogens is 216 g/mol. The number of carbonyl (C=O) groups is 2. The largest absolute Gasteiger partial charge is 0.478 e. The Labute approximate surface area is 90.8 Å². The van der Waals surface area contributed by atoms with E-state index in [1.54, 1.807) is 19.1 Å². The number of hydrogen-bond donors (Lipinski definition) is 1. The number of rotatable bonds is 4. The Balaban J connectivity index is 2.72. The Morgan fingerprint density at radius 2 is 2.27 bits per heavy atom. The SMILES string of the molecule is CCOC(=O)c1ccc(C=CC(=O)O)s1. The number of carboxylic acids is 1. The number of aliphatic carboxylic acids is 1. The van der Waals surface area contributed by atoms with Gasteiger partial charge in [-0.3, -0.25) is 0 Å². The van der Waals surface area contributed by atoms with Gasteiger partial charge >= 0.3 is 11.9 Å². The van der Waals surface area contributed by atoms with Gasteiger partial charge in [-0.1, -0.05) is 0 Å². The summed E-state index contributed by atoms with van der Waals surface area (Å²) in [5.41, 5.74) is 0. The molecule has 0 spiro atoms. The standard InChI is InChI=1S/C10H10O4S/c1-2-14-10(13)8-5-3-7(15-8)4-6-9(11)12/h3-6H,2H2,1H3,(H,11,12). The minimum atomic E-state index is -1.01. The lowest BCUT2D eigenvalue weighted by Crippen LogP contribution is -2.01. The van der Waals surface area contributed by atoms with Crippen molar-refractivity contribution in [1.82, 2.24) is 0 Å². The van der Waals surface area contributed by atoms with Crippen LogP contribution in [0.4, 0.5) is 0 Å². The monoisotopic (exact) mass is 226 g/mol. The molecule has 0 aliphatic carbocycles. The van der Waals surface area contributed by atoms with Crippen molar-refractivity contribution in [3.05, 3.63) is 28.0 Å².